The summed E-state index contributed by atoms with van der Waals surface area (Å²) in [5.41, 5.74) is 1.30. The van der Waals surface area contributed by atoms with Crippen molar-refractivity contribution in [3.05, 3.63) is 30.1 Å². The van der Waals surface area contributed by atoms with E-state index in [4.69, 9.17) is 0 Å². The molecule has 0 aliphatic rings. The van der Waals surface area contributed by atoms with Crippen molar-refractivity contribution < 1.29 is 0 Å². The number of likely N-dealkylation sites (N-methyl/N-ethyl adjacent to an activating group) is 1. The average Bonchev–Trinajstić information content (AvgIpc) is 2.29. The fourth-order valence-corrected chi connectivity index (χ4v) is 2.00. The summed E-state index contributed by atoms with van der Waals surface area (Å²) in [6.45, 7) is 3.16. The highest BCUT2D eigenvalue weighted by atomic mass is 32.2. The van der Waals surface area contributed by atoms with Gasteiger partial charge in [0, 0.05) is 43.5 Å². The summed E-state index contributed by atoms with van der Waals surface area (Å²) in [4.78, 5) is 4.09. The number of nitrogens with one attached hydrogen (secondary N) is 2. The van der Waals surface area contributed by atoms with Gasteiger partial charge in [-0.2, -0.15) is 11.8 Å². The molecule has 0 aliphatic heterocycles. The van der Waals surface area contributed by atoms with Crippen LogP contribution in [0.2, 0.25) is 0 Å². The molecule has 1 aromatic heterocycles. The summed E-state index contributed by atoms with van der Waals surface area (Å²) in [6.07, 6.45) is 3.74. The Balaban J connectivity index is 1.93. The van der Waals surface area contributed by atoms with Crippen LogP contribution in [-0.4, -0.2) is 37.4 Å². The number of hydrogen-bond acceptors (Lipinski definition) is 4. The van der Waals surface area contributed by atoms with Crippen LogP contribution >= 0.6 is 11.8 Å². The van der Waals surface area contributed by atoms with E-state index in [9.17, 15) is 0 Å². The van der Waals surface area contributed by atoms with Crippen LogP contribution in [0.5, 0.6) is 0 Å². The lowest BCUT2D eigenvalue weighted by Gasteiger charge is -2.04. The van der Waals surface area contributed by atoms with Crippen molar-refractivity contribution in [2.24, 2.45) is 0 Å². The highest BCUT2D eigenvalue weighted by molar-refractivity contribution is 7.98. The molecule has 0 saturated heterocycles. The molecule has 0 saturated carbocycles. The Bertz CT molecular complexity index is 241. The Hall–Kier alpha value is -0.580. The molecule has 3 nitrogen and oxygen atoms in total. The van der Waals surface area contributed by atoms with Gasteiger partial charge in [-0.15, -0.1) is 0 Å². The fraction of sp³-hybridized carbons (Fsp3) is 0.545. The van der Waals surface area contributed by atoms with Crippen LogP contribution in [0.15, 0.2) is 24.5 Å². The second-order valence-electron chi connectivity index (χ2n) is 3.27. The predicted octanol–water partition coefficient (Wildman–Crippen LogP) is 1.12. The smallest absolute Gasteiger partial charge is 0.0308 e. The molecule has 1 rings (SSSR count). The first-order chi connectivity index (χ1) is 7.43. The van der Waals surface area contributed by atoms with E-state index in [1.54, 1.807) is 0 Å². The van der Waals surface area contributed by atoms with Gasteiger partial charge in [0.2, 0.25) is 0 Å². The van der Waals surface area contributed by atoms with Gasteiger partial charge in [0.1, 0.15) is 0 Å². The van der Waals surface area contributed by atoms with Gasteiger partial charge in [0.05, 0.1) is 0 Å². The number of thioether (sulfide) groups is 1. The van der Waals surface area contributed by atoms with Crippen LogP contribution in [0, 0.1) is 0 Å². The van der Waals surface area contributed by atoms with Crippen LogP contribution in [-0.2, 0) is 5.75 Å². The van der Waals surface area contributed by atoms with Gasteiger partial charge in [-0.3, -0.25) is 4.98 Å². The van der Waals surface area contributed by atoms with E-state index in [0.717, 1.165) is 31.1 Å². The topological polar surface area (TPSA) is 37.0 Å². The number of hydrogen-bond donors (Lipinski definition) is 2. The van der Waals surface area contributed by atoms with Gasteiger partial charge < -0.3 is 10.6 Å². The first-order valence-electron chi connectivity index (χ1n) is 5.25. The Kier molecular flexibility index (Phi) is 7.25. The molecule has 4 heteroatoms. The molecule has 15 heavy (non-hydrogen) atoms. The molecule has 1 heterocycles. The predicted molar refractivity (Wildman–Crippen MR) is 67.2 cm³/mol. The van der Waals surface area contributed by atoms with Crippen molar-refractivity contribution in [1.82, 2.24) is 15.6 Å². The normalized spacial score (nSPS) is 10.5. The Labute approximate surface area is 96.1 Å². The maximum absolute atomic E-state index is 4.09. The third-order valence-corrected chi connectivity index (χ3v) is 3.00. The third-order valence-electron chi connectivity index (χ3n) is 1.97. The van der Waals surface area contributed by atoms with Gasteiger partial charge in [0.15, 0.2) is 0 Å². The Morgan fingerprint density at radius 3 is 3.00 bits per heavy atom. The molecule has 0 spiro atoms. The standard InChI is InChI=1S/C11H19N3S/c1-12-5-6-13-7-8-15-10-11-3-2-4-14-9-11/h2-4,9,12-13H,5-8,10H2,1H3. The summed E-state index contributed by atoms with van der Waals surface area (Å²) < 4.78 is 0. The zero-order valence-electron chi connectivity index (χ0n) is 9.20. The van der Waals surface area contributed by atoms with Crippen LogP contribution < -0.4 is 10.6 Å². The lowest BCUT2D eigenvalue weighted by atomic mass is 10.3. The van der Waals surface area contributed by atoms with E-state index < -0.39 is 0 Å². The molecule has 0 atom stereocenters. The van der Waals surface area contributed by atoms with E-state index >= 15 is 0 Å². The molecule has 2 N–H and O–H groups in total. The molecular formula is C11H19N3S. The lowest BCUT2D eigenvalue weighted by Crippen LogP contribution is -2.26. The Morgan fingerprint density at radius 2 is 2.27 bits per heavy atom. The second-order valence-corrected chi connectivity index (χ2v) is 4.37. The number of pyridine rings is 1. The quantitative estimate of drug-likeness (QED) is 0.650. The molecule has 84 valence electrons. The highest BCUT2D eigenvalue weighted by Crippen LogP contribution is 2.09. The summed E-state index contributed by atoms with van der Waals surface area (Å²) >= 11 is 1.94. The van der Waals surface area contributed by atoms with Gasteiger partial charge in [-0.1, -0.05) is 6.07 Å². The number of rotatable bonds is 8. The van der Waals surface area contributed by atoms with Crippen molar-refractivity contribution in [2.75, 3.05) is 32.4 Å². The van der Waals surface area contributed by atoms with Crippen molar-refractivity contribution in [3.63, 3.8) is 0 Å². The minimum atomic E-state index is 1.03. The average molecular weight is 225 g/mol. The number of aromatic nitrogens is 1. The van der Waals surface area contributed by atoms with Crippen molar-refractivity contribution in [3.8, 4) is 0 Å². The third kappa shape index (κ3) is 6.49. The lowest BCUT2D eigenvalue weighted by molar-refractivity contribution is 0.675. The van der Waals surface area contributed by atoms with Crippen molar-refractivity contribution in [2.45, 2.75) is 5.75 Å². The van der Waals surface area contributed by atoms with Gasteiger partial charge in [0.25, 0.3) is 0 Å². The van der Waals surface area contributed by atoms with Gasteiger partial charge in [-0.25, -0.2) is 0 Å². The molecule has 0 aliphatic carbocycles. The van der Waals surface area contributed by atoms with Gasteiger partial charge >= 0.3 is 0 Å². The zero-order valence-corrected chi connectivity index (χ0v) is 10.0. The maximum atomic E-state index is 4.09. The summed E-state index contributed by atoms with van der Waals surface area (Å²) in [5.74, 6) is 2.21. The highest BCUT2D eigenvalue weighted by Gasteiger charge is 1.92. The van der Waals surface area contributed by atoms with Crippen molar-refractivity contribution in [1.29, 1.82) is 0 Å². The summed E-state index contributed by atoms with van der Waals surface area (Å²) in [7, 11) is 1.97. The molecule has 0 fully saturated rings. The SMILES string of the molecule is CNCCNCCSCc1cccnc1. The summed E-state index contributed by atoms with van der Waals surface area (Å²) in [5, 5.41) is 6.48. The monoisotopic (exact) mass is 225 g/mol. The minimum Gasteiger partial charge on any atom is -0.318 e. The van der Waals surface area contributed by atoms with Crippen LogP contribution in [0.25, 0.3) is 0 Å². The van der Waals surface area contributed by atoms with Crippen molar-refractivity contribution >= 4 is 11.8 Å². The Morgan fingerprint density at radius 1 is 1.33 bits per heavy atom. The zero-order chi connectivity index (χ0) is 10.8. The molecule has 0 amide bonds. The van der Waals surface area contributed by atoms with E-state index in [-0.39, 0.29) is 0 Å². The summed E-state index contributed by atoms with van der Waals surface area (Å²) in [6, 6.07) is 4.11. The maximum Gasteiger partial charge on any atom is 0.0308 e. The number of nitrogens with zero attached hydrogens (tertiary/aromatic N) is 1. The largest absolute Gasteiger partial charge is 0.318 e. The van der Waals surface area contributed by atoms with Crippen LogP contribution in [0.1, 0.15) is 5.56 Å². The first-order valence-corrected chi connectivity index (χ1v) is 6.41. The molecule has 0 aromatic carbocycles. The first kappa shape index (κ1) is 12.5. The van der Waals surface area contributed by atoms with E-state index in [2.05, 4.69) is 21.7 Å². The van der Waals surface area contributed by atoms with E-state index in [1.165, 1.54) is 5.56 Å². The fourth-order valence-electron chi connectivity index (χ4n) is 1.16. The molecule has 0 radical (unpaired) electrons. The molecular weight excluding hydrogens is 206 g/mol. The second kappa shape index (κ2) is 8.71. The van der Waals surface area contributed by atoms with Gasteiger partial charge in [-0.05, 0) is 18.7 Å². The molecule has 0 bridgehead atoms. The van der Waals surface area contributed by atoms with E-state index in [1.807, 2.05) is 37.3 Å². The van der Waals surface area contributed by atoms with Crippen LogP contribution in [0.3, 0.4) is 0 Å². The minimum absolute atomic E-state index is 1.03. The van der Waals surface area contributed by atoms with Crippen LogP contribution in [0.4, 0.5) is 0 Å². The molecule has 1 aromatic rings. The molecule has 0 unspecified atom stereocenters. The van der Waals surface area contributed by atoms with E-state index in [0.29, 0.717) is 0 Å².